The van der Waals surface area contributed by atoms with E-state index in [0.717, 1.165) is 22.5 Å². The fourth-order valence-electron chi connectivity index (χ4n) is 2.81. The second kappa shape index (κ2) is 7.83. The zero-order valence-electron chi connectivity index (χ0n) is 14.2. The maximum atomic E-state index is 12.7. The Morgan fingerprint density at radius 2 is 2.04 bits per heavy atom. The van der Waals surface area contributed by atoms with Crippen molar-refractivity contribution in [1.29, 1.82) is 0 Å². The molecule has 0 N–H and O–H groups in total. The van der Waals surface area contributed by atoms with Crippen LogP contribution in [0.5, 0.6) is 0 Å². The average molecular weight is 449 g/mol. The Balaban J connectivity index is 1.63. The van der Waals surface area contributed by atoms with Crippen molar-refractivity contribution in [3.63, 3.8) is 0 Å². The van der Waals surface area contributed by atoms with E-state index in [1.54, 1.807) is 16.4 Å². The normalized spacial score (nSPS) is 18.5. The molecule has 3 rings (SSSR count). The Labute approximate surface area is 160 Å². The molecule has 1 fully saturated rings. The Morgan fingerprint density at radius 3 is 2.64 bits per heavy atom. The fraction of sp³-hybridized carbons (Fsp3) is 0.600. The maximum Gasteiger partial charge on any atom is 0.252 e. The van der Waals surface area contributed by atoms with Gasteiger partial charge in [-0.15, -0.1) is 11.3 Å². The van der Waals surface area contributed by atoms with Gasteiger partial charge in [0.25, 0.3) is 10.0 Å². The zero-order chi connectivity index (χ0) is 18.0. The molecule has 0 aliphatic carbocycles. The van der Waals surface area contributed by atoms with Gasteiger partial charge in [0.05, 0.1) is 9.83 Å². The molecule has 1 saturated heterocycles. The molecule has 3 heterocycles. The van der Waals surface area contributed by atoms with Gasteiger partial charge in [0.15, 0.2) is 5.82 Å². The smallest absolute Gasteiger partial charge is 0.252 e. The molecule has 0 amide bonds. The van der Waals surface area contributed by atoms with Gasteiger partial charge in [-0.2, -0.15) is 9.29 Å². The molecule has 10 heteroatoms. The first kappa shape index (κ1) is 19.0. The second-order valence-electron chi connectivity index (χ2n) is 5.97. The molecule has 1 aliphatic rings. The lowest BCUT2D eigenvalue weighted by atomic mass is 10.2. The molecule has 0 unspecified atom stereocenters. The molecule has 1 atom stereocenters. The first-order valence-electron chi connectivity index (χ1n) is 8.24. The monoisotopic (exact) mass is 448 g/mol. The number of thiophene rings is 1. The molecule has 2 aromatic heterocycles. The van der Waals surface area contributed by atoms with Crippen LogP contribution in [0, 0.1) is 0 Å². The summed E-state index contributed by atoms with van der Waals surface area (Å²) in [6.45, 7) is 6.28. The van der Waals surface area contributed by atoms with Crippen LogP contribution in [0.1, 0.15) is 38.0 Å². The summed E-state index contributed by atoms with van der Waals surface area (Å²) < 4.78 is 33.5. The number of nitrogens with zero attached hydrogens (tertiary/aromatic N) is 4. The van der Waals surface area contributed by atoms with E-state index in [0.29, 0.717) is 36.3 Å². The summed E-state index contributed by atoms with van der Waals surface area (Å²) in [7, 11) is -3.41. The minimum atomic E-state index is -3.41. The molecule has 1 aliphatic heterocycles. The van der Waals surface area contributed by atoms with Crippen LogP contribution in [-0.2, 0) is 16.4 Å². The number of sulfonamides is 1. The summed E-state index contributed by atoms with van der Waals surface area (Å²) in [4.78, 5) is 6.62. The SMILES string of the molecule is CCCc1noc([C@H](C)N2CCN(S(=O)(=O)c3ccc(Br)s3)CC2)n1. The summed E-state index contributed by atoms with van der Waals surface area (Å²) in [6.07, 6.45) is 1.78. The predicted octanol–water partition coefficient (Wildman–Crippen LogP) is 2.91. The van der Waals surface area contributed by atoms with Crippen molar-refractivity contribution in [1.82, 2.24) is 19.3 Å². The van der Waals surface area contributed by atoms with Crippen LogP contribution in [0.4, 0.5) is 0 Å². The highest BCUT2D eigenvalue weighted by atomic mass is 79.9. The summed E-state index contributed by atoms with van der Waals surface area (Å²) in [5.74, 6) is 1.33. The van der Waals surface area contributed by atoms with Gasteiger partial charge in [-0.3, -0.25) is 4.90 Å². The molecular weight excluding hydrogens is 428 g/mol. The molecule has 2 aromatic rings. The molecule has 25 heavy (non-hydrogen) atoms. The van der Waals surface area contributed by atoms with Crippen molar-refractivity contribution >= 4 is 37.3 Å². The third-order valence-corrected chi connectivity index (χ3v) is 8.27. The van der Waals surface area contributed by atoms with E-state index in [4.69, 9.17) is 4.52 Å². The van der Waals surface area contributed by atoms with Crippen LogP contribution in [0.3, 0.4) is 0 Å². The number of hydrogen-bond acceptors (Lipinski definition) is 7. The van der Waals surface area contributed by atoms with Crippen molar-refractivity contribution in [2.45, 2.75) is 36.9 Å². The number of piperazine rings is 1. The summed E-state index contributed by atoms with van der Waals surface area (Å²) in [6, 6.07) is 3.39. The predicted molar refractivity (Wildman–Crippen MR) is 99.1 cm³/mol. The van der Waals surface area contributed by atoms with Gasteiger partial charge in [-0.05, 0) is 41.4 Å². The van der Waals surface area contributed by atoms with Gasteiger partial charge >= 0.3 is 0 Å². The van der Waals surface area contributed by atoms with Crippen LogP contribution >= 0.6 is 27.3 Å². The number of hydrogen-bond donors (Lipinski definition) is 0. The van der Waals surface area contributed by atoms with Gasteiger partial charge in [0.2, 0.25) is 5.89 Å². The van der Waals surface area contributed by atoms with E-state index < -0.39 is 10.0 Å². The van der Waals surface area contributed by atoms with Gasteiger partial charge in [0, 0.05) is 32.6 Å². The Morgan fingerprint density at radius 1 is 1.32 bits per heavy atom. The van der Waals surface area contributed by atoms with Crippen LogP contribution in [0.15, 0.2) is 24.7 Å². The Kier molecular flexibility index (Phi) is 5.94. The van der Waals surface area contributed by atoms with E-state index in [2.05, 4.69) is 37.9 Å². The van der Waals surface area contributed by atoms with Crippen molar-refractivity contribution in [3.05, 3.63) is 27.6 Å². The van der Waals surface area contributed by atoms with Crippen LogP contribution in [-0.4, -0.2) is 53.9 Å². The molecule has 0 aromatic carbocycles. The van der Waals surface area contributed by atoms with Crippen LogP contribution in [0.25, 0.3) is 0 Å². The van der Waals surface area contributed by atoms with E-state index in [1.807, 2.05) is 6.92 Å². The molecular formula is C15H21BrN4O3S2. The highest BCUT2D eigenvalue weighted by Gasteiger charge is 2.32. The lowest BCUT2D eigenvalue weighted by Crippen LogP contribution is -2.49. The quantitative estimate of drug-likeness (QED) is 0.675. The maximum absolute atomic E-state index is 12.7. The summed E-state index contributed by atoms with van der Waals surface area (Å²) >= 11 is 4.56. The summed E-state index contributed by atoms with van der Waals surface area (Å²) in [5, 5.41) is 4.00. The van der Waals surface area contributed by atoms with E-state index in [1.165, 1.54) is 11.3 Å². The third kappa shape index (κ3) is 4.13. The lowest BCUT2D eigenvalue weighted by molar-refractivity contribution is 0.124. The van der Waals surface area contributed by atoms with E-state index in [-0.39, 0.29) is 6.04 Å². The van der Waals surface area contributed by atoms with Gasteiger partial charge in [-0.1, -0.05) is 12.1 Å². The highest BCUT2D eigenvalue weighted by Crippen LogP contribution is 2.29. The Bertz CT molecular complexity index is 812. The molecule has 0 spiro atoms. The molecule has 7 nitrogen and oxygen atoms in total. The molecule has 0 radical (unpaired) electrons. The first-order valence-corrected chi connectivity index (χ1v) is 11.3. The first-order chi connectivity index (χ1) is 11.9. The topological polar surface area (TPSA) is 79.5 Å². The van der Waals surface area contributed by atoms with Gasteiger partial charge < -0.3 is 4.52 Å². The van der Waals surface area contributed by atoms with E-state index in [9.17, 15) is 8.42 Å². The van der Waals surface area contributed by atoms with Crippen LogP contribution in [0.2, 0.25) is 0 Å². The fourth-order valence-corrected chi connectivity index (χ4v) is 6.40. The highest BCUT2D eigenvalue weighted by molar-refractivity contribution is 9.11. The van der Waals surface area contributed by atoms with Crippen molar-refractivity contribution in [2.75, 3.05) is 26.2 Å². The van der Waals surface area contributed by atoms with Crippen LogP contribution < -0.4 is 0 Å². The number of halogens is 1. The van der Waals surface area contributed by atoms with Crippen molar-refractivity contribution in [3.8, 4) is 0 Å². The minimum absolute atomic E-state index is 0.0150. The van der Waals surface area contributed by atoms with Gasteiger partial charge in [0.1, 0.15) is 4.21 Å². The molecule has 0 bridgehead atoms. The molecule has 138 valence electrons. The number of aromatic nitrogens is 2. The van der Waals surface area contributed by atoms with Crippen molar-refractivity contribution in [2.24, 2.45) is 0 Å². The number of rotatable bonds is 6. The standard InChI is InChI=1S/C15H21BrN4O3S2/c1-3-4-13-17-15(23-18-13)11(2)19-7-9-20(10-8-19)25(21,22)14-6-5-12(16)24-14/h5-6,11H,3-4,7-10H2,1-2H3/t11-/m0/s1. The third-order valence-electron chi connectivity index (χ3n) is 4.28. The molecule has 0 saturated carbocycles. The minimum Gasteiger partial charge on any atom is -0.338 e. The number of aryl methyl sites for hydroxylation is 1. The van der Waals surface area contributed by atoms with Crippen molar-refractivity contribution < 1.29 is 12.9 Å². The zero-order valence-corrected chi connectivity index (χ0v) is 17.4. The largest absolute Gasteiger partial charge is 0.338 e. The lowest BCUT2D eigenvalue weighted by Gasteiger charge is -2.35. The second-order valence-corrected chi connectivity index (χ2v) is 10.6. The Hall–Kier alpha value is -0.810. The van der Waals surface area contributed by atoms with Gasteiger partial charge in [-0.25, -0.2) is 8.42 Å². The summed E-state index contributed by atoms with van der Waals surface area (Å²) in [5.41, 5.74) is 0. The van der Waals surface area contributed by atoms with E-state index >= 15 is 0 Å². The average Bonchev–Trinajstić information content (AvgIpc) is 3.24.